The standard InChI is InChI=1S/C12H14ClN3O4/c1-3-4-15(5-6-20-2)12(17)9-7-11(13)14-8-10(9)16(18)19/h3,7-8H,1,4-6H2,2H3. The molecule has 1 aromatic heterocycles. The molecule has 1 aromatic rings. The number of halogens is 1. The highest BCUT2D eigenvalue weighted by Crippen LogP contribution is 2.22. The van der Waals surface area contributed by atoms with Crippen molar-refractivity contribution >= 4 is 23.2 Å². The lowest BCUT2D eigenvalue weighted by Crippen LogP contribution is -2.34. The Morgan fingerprint density at radius 1 is 1.70 bits per heavy atom. The van der Waals surface area contributed by atoms with Gasteiger partial charge in [-0.1, -0.05) is 17.7 Å². The van der Waals surface area contributed by atoms with Gasteiger partial charge in [0.15, 0.2) is 0 Å². The average Bonchev–Trinajstić information content (AvgIpc) is 2.42. The van der Waals surface area contributed by atoms with Crippen LogP contribution in [-0.4, -0.2) is 47.5 Å². The minimum Gasteiger partial charge on any atom is -0.383 e. The molecular weight excluding hydrogens is 286 g/mol. The summed E-state index contributed by atoms with van der Waals surface area (Å²) in [4.78, 5) is 27.6. The maximum absolute atomic E-state index is 12.3. The molecule has 1 rings (SSSR count). The van der Waals surface area contributed by atoms with E-state index in [-0.39, 0.29) is 22.9 Å². The third-order valence-corrected chi connectivity index (χ3v) is 2.69. The van der Waals surface area contributed by atoms with Crippen LogP contribution in [-0.2, 0) is 4.74 Å². The second kappa shape index (κ2) is 7.56. The molecule has 0 N–H and O–H groups in total. The number of hydrogen-bond acceptors (Lipinski definition) is 5. The van der Waals surface area contributed by atoms with Crippen LogP contribution < -0.4 is 0 Å². The second-order valence-electron chi connectivity index (χ2n) is 3.81. The molecule has 108 valence electrons. The highest BCUT2D eigenvalue weighted by molar-refractivity contribution is 6.29. The molecule has 7 nitrogen and oxygen atoms in total. The first-order chi connectivity index (χ1) is 9.51. The number of carbonyl (C=O) groups is 1. The molecular formula is C12H14ClN3O4. The molecule has 0 saturated heterocycles. The molecule has 0 aliphatic carbocycles. The van der Waals surface area contributed by atoms with Gasteiger partial charge in [-0.25, -0.2) is 4.98 Å². The first-order valence-corrected chi connectivity index (χ1v) is 6.08. The van der Waals surface area contributed by atoms with E-state index in [1.165, 1.54) is 24.2 Å². The van der Waals surface area contributed by atoms with Crippen molar-refractivity contribution in [2.75, 3.05) is 26.8 Å². The lowest BCUT2D eigenvalue weighted by molar-refractivity contribution is -0.385. The Morgan fingerprint density at radius 2 is 2.40 bits per heavy atom. The van der Waals surface area contributed by atoms with Crippen LogP contribution in [0.3, 0.4) is 0 Å². The highest BCUT2D eigenvalue weighted by Gasteiger charge is 2.25. The summed E-state index contributed by atoms with van der Waals surface area (Å²) in [5.74, 6) is -0.516. The Bertz CT molecular complexity index is 521. The van der Waals surface area contributed by atoms with Crippen molar-refractivity contribution in [1.29, 1.82) is 0 Å². The molecule has 0 aliphatic rings. The third-order valence-electron chi connectivity index (χ3n) is 2.48. The summed E-state index contributed by atoms with van der Waals surface area (Å²) >= 11 is 5.70. The fraction of sp³-hybridized carbons (Fsp3) is 0.333. The zero-order valence-corrected chi connectivity index (χ0v) is 11.7. The van der Waals surface area contributed by atoms with Gasteiger partial charge >= 0.3 is 0 Å². The number of amides is 1. The van der Waals surface area contributed by atoms with Crippen molar-refractivity contribution in [1.82, 2.24) is 9.88 Å². The fourth-order valence-corrected chi connectivity index (χ4v) is 1.70. The predicted molar refractivity (Wildman–Crippen MR) is 73.9 cm³/mol. The Labute approximate surface area is 121 Å². The minimum absolute atomic E-state index is 0.0178. The number of methoxy groups -OCH3 is 1. The van der Waals surface area contributed by atoms with Crippen LogP contribution in [0, 0.1) is 10.1 Å². The van der Waals surface area contributed by atoms with Gasteiger partial charge in [-0.05, 0) is 6.07 Å². The summed E-state index contributed by atoms with van der Waals surface area (Å²) in [6.07, 6.45) is 2.50. The highest BCUT2D eigenvalue weighted by atomic mass is 35.5. The van der Waals surface area contributed by atoms with Crippen molar-refractivity contribution in [2.24, 2.45) is 0 Å². The summed E-state index contributed by atoms with van der Waals surface area (Å²) in [5.41, 5.74) is -0.487. The Kier molecular flexibility index (Phi) is 6.08. The molecule has 20 heavy (non-hydrogen) atoms. The zero-order valence-electron chi connectivity index (χ0n) is 10.9. The van der Waals surface area contributed by atoms with E-state index in [0.717, 1.165) is 6.20 Å². The molecule has 0 saturated carbocycles. The number of aromatic nitrogens is 1. The molecule has 0 aromatic carbocycles. The molecule has 1 amide bonds. The average molecular weight is 300 g/mol. The van der Waals surface area contributed by atoms with Crippen LogP contribution in [0.4, 0.5) is 5.69 Å². The van der Waals surface area contributed by atoms with Crippen molar-refractivity contribution < 1.29 is 14.5 Å². The van der Waals surface area contributed by atoms with E-state index in [0.29, 0.717) is 13.2 Å². The molecule has 0 bridgehead atoms. The molecule has 0 unspecified atom stereocenters. The van der Waals surface area contributed by atoms with Crippen molar-refractivity contribution in [3.8, 4) is 0 Å². The monoisotopic (exact) mass is 299 g/mol. The normalized spacial score (nSPS) is 10.1. The fourth-order valence-electron chi connectivity index (χ4n) is 1.54. The zero-order chi connectivity index (χ0) is 15.1. The Morgan fingerprint density at radius 3 is 2.95 bits per heavy atom. The number of nitro groups is 1. The maximum atomic E-state index is 12.3. The molecule has 8 heteroatoms. The summed E-state index contributed by atoms with van der Waals surface area (Å²) in [5, 5.41) is 11.0. The third kappa shape index (κ3) is 4.01. The number of carbonyl (C=O) groups excluding carboxylic acids is 1. The van der Waals surface area contributed by atoms with Gasteiger partial charge in [-0.15, -0.1) is 6.58 Å². The molecule has 0 radical (unpaired) electrons. The number of nitrogens with zero attached hydrogens (tertiary/aromatic N) is 3. The lowest BCUT2D eigenvalue weighted by atomic mass is 10.2. The predicted octanol–water partition coefficient (Wildman–Crippen LogP) is 1.92. The van der Waals surface area contributed by atoms with Gasteiger partial charge < -0.3 is 9.64 Å². The SMILES string of the molecule is C=CCN(CCOC)C(=O)c1cc(Cl)ncc1[N+](=O)[O-]. The van der Waals surface area contributed by atoms with Gasteiger partial charge in [-0.2, -0.15) is 0 Å². The molecule has 0 spiro atoms. The smallest absolute Gasteiger partial charge is 0.300 e. The van der Waals surface area contributed by atoms with Crippen LogP contribution in [0.5, 0.6) is 0 Å². The topological polar surface area (TPSA) is 85.6 Å². The summed E-state index contributed by atoms with van der Waals surface area (Å²) in [6.45, 7) is 4.40. The summed E-state index contributed by atoms with van der Waals surface area (Å²) < 4.78 is 4.91. The summed E-state index contributed by atoms with van der Waals surface area (Å²) in [7, 11) is 1.50. The van der Waals surface area contributed by atoms with E-state index in [1.807, 2.05) is 0 Å². The van der Waals surface area contributed by atoms with Gasteiger partial charge in [0.1, 0.15) is 16.9 Å². The van der Waals surface area contributed by atoms with Gasteiger partial charge in [0, 0.05) is 20.2 Å². The first kappa shape index (κ1) is 16.1. The molecule has 0 fully saturated rings. The van der Waals surface area contributed by atoms with E-state index in [2.05, 4.69) is 11.6 Å². The van der Waals surface area contributed by atoms with Gasteiger partial charge in [0.25, 0.3) is 11.6 Å². The quantitative estimate of drug-likeness (QED) is 0.332. The van der Waals surface area contributed by atoms with E-state index in [9.17, 15) is 14.9 Å². The first-order valence-electron chi connectivity index (χ1n) is 5.70. The Balaban J connectivity index is 3.12. The number of rotatable bonds is 7. The van der Waals surface area contributed by atoms with Gasteiger partial charge in [-0.3, -0.25) is 14.9 Å². The van der Waals surface area contributed by atoms with E-state index >= 15 is 0 Å². The lowest BCUT2D eigenvalue weighted by Gasteiger charge is -2.20. The van der Waals surface area contributed by atoms with Crippen LogP contribution in [0.1, 0.15) is 10.4 Å². The van der Waals surface area contributed by atoms with Crippen LogP contribution in [0.2, 0.25) is 5.15 Å². The number of pyridine rings is 1. The minimum atomic E-state index is -0.668. The summed E-state index contributed by atoms with van der Waals surface area (Å²) in [6, 6.07) is 1.19. The molecule has 1 heterocycles. The molecule has 0 aliphatic heterocycles. The van der Waals surface area contributed by atoms with E-state index < -0.39 is 10.8 Å². The van der Waals surface area contributed by atoms with E-state index in [4.69, 9.17) is 16.3 Å². The van der Waals surface area contributed by atoms with Crippen molar-refractivity contribution in [2.45, 2.75) is 0 Å². The van der Waals surface area contributed by atoms with Gasteiger partial charge in [0.2, 0.25) is 0 Å². The maximum Gasteiger partial charge on any atom is 0.300 e. The van der Waals surface area contributed by atoms with E-state index in [1.54, 1.807) is 0 Å². The van der Waals surface area contributed by atoms with Crippen molar-refractivity contribution in [3.63, 3.8) is 0 Å². The molecule has 0 atom stereocenters. The number of ether oxygens (including phenoxy) is 1. The van der Waals surface area contributed by atoms with Crippen LogP contribution >= 0.6 is 11.6 Å². The van der Waals surface area contributed by atoms with Crippen LogP contribution in [0.15, 0.2) is 24.9 Å². The van der Waals surface area contributed by atoms with Crippen LogP contribution in [0.25, 0.3) is 0 Å². The van der Waals surface area contributed by atoms with Crippen molar-refractivity contribution in [3.05, 3.63) is 45.7 Å². The Hall–Kier alpha value is -1.99. The largest absolute Gasteiger partial charge is 0.383 e. The van der Waals surface area contributed by atoms with Gasteiger partial charge in [0.05, 0.1) is 11.5 Å². The second-order valence-corrected chi connectivity index (χ2v) is 4.20. The number of hydrogen-bond donors (Lipinski definition) is 0.